The topological polar surface area (TPSA) is 46.5 Å². The predicted octanol–water partition coefficient (Wildman–Crippen LogP) is 2.99. The Morgan fingerprint density at radius 2 is 1.88 bits per heavy atom. The lowest BCUT2D eigenvalue weighted by Gasteiger charge is -2.11. The average molecular weight is 240 g/mol. The number of carbonyl (C=O) groups is 1. The highest BCUT2D eigenvalue weighted by Crippen LogP contribution is 2.13. The normalized spacial score (nSPS) is 11.9. The molecule has 3 heteroatoms. The van der Waals surface area contributed by atoms with Crippen LogP contribution in [0.4, 0.5) is 0 Å². The Morgan fingerprint density at radius 3 is 2.47 bits per heavy atom. The summed E-state index contributed by atoms with van der Waals surface area (Å²) in [4.78, 5) is 11.1. The van der Waals surface area contributed by atoms with Gasteiger partial charge in [0.25, 0.3) is 0 Å². The molecular weight excluding hydrogens is 216 g/mol. The van der Waals surface area contributed by atoms with Crippen LogP contribution in [0.2, 0.25) is 0 Å². The van der Waals surface area contributed by atoms with E-state index in [9.17, 15) is 9.90 Å². The SMILES string of the molecule is C=CCCCCCCCC(O)C(=C)C(=O)OC. The summed E-state index contributed by atoms with van der Waals surface area (Å²) in [6.45, 7) is 7.20. The summed E-state index contributed by atoms with van der Waals surface area (Å²) in [5.74, 6) is -0.525. The Balaban J connectivity index is 3.51. The van der Waals surface area contributed by atoms with Gasteiger partial charge in [0.05, 0.1) is 18.8 Å². The predicted molar refractivity (Wildman–Crippen MR) is 69.7 cm³/mol. The molecule has 0 heterocycles. The summed E-state index contributed by atoms with van der Waals surface area (Å²) < 4.78 is 4.50. The van der Waals surface area contributed by atoms with E-state index in [-0.39, 0.29) is 5.57 Å². The summed E-state index contributed by atoms with van der Waals surface area (Å²) in [6.07, 6.45) is 8.33. The van der Waals surface area contributed by atoms with Gasteiger partial charge in [0.2, 0.25) is 0 Å². The van der Waals surface area contributed by atoms with Gasteiger partial charge in [0, 0.05) is 0 Å². The van der Waals surface area contributed by atoms with Crippen LogP contribution in [0.5, 0.6) is 0 Å². The fourth-order valence-corrected chi connectivity index (χ4v) is 1.60. The molecule has 0 saturated carbocycles. The fourth-order valence-electron chi connectivity index (χ4n) is 1.60. The molecule has 98 valence electrons. The molecule has 0 aromatic rings. The highest BCUT2D eigenvalue weighted by molar-refractivity contribution is 5.88. The molecule has 0 radical (unpaired) electrons. The first-order chi connectivity index (χ1) is 8.13. The number of allylic oxidation sites excluding steroid dienone is 1. The molecule has 0 aliphatic rings. The van der Waals surface area contributed by atoms with Gasteiger partial charge in [-0.3, -0.25) is 0 Å². The van der Waals surface area contributed by atoms with E-state index in [1.807, 2.05) is 6.08 Å². The molecule has 0 aromatic heterocycles. The summed E-state index contributed by atoms with van der Waals surface area (Å²) >= 11 is 0. The zero-order chi connectivity index (χ0) is 13.1. The van der Waals surface area contributed by atoms with E-state index < -0.39 is 12.1 Å². The third kappa shape index (κ3) is 7.75. The molecule has 0 aliphatic heterocycles. The van der Waals surface area contributed by atoms with Crippen LogP contribution in [0.15, 0.2) is 24.8 Å². The lowest BCUT2D eigenvalue weighted by molar-refractivity contribution is -0.137. The lowest BCUT2D eigenvalue weighted by atomic mass is 10.0. The Morgan fingerprint density at radius 1 is 1.29 bits per heavy atom. The first-order valence-corrected chi connectivity index (χ1v) is 6.19. The van der Waals surface area contributed by atoms with Crippen molar-refractivity contribution in [2.24, 2.45) is 0 Å². The molecule has 1 atom stereocenters. The van der Waals surface area contributed by atoms with E-state index in [2.05, 4.69) is 17.9 Å². The highest BCUT2D eigenvalue weighted by Gasteiger charge is 2.15. The second-order valence-electron chi connectivity index (χ2n) is 4.17. The molecule has 3 nitrogen and oxygen atoms in total. The monoisotopic (exact) mass is 240 g/mol. The van der Waals surface area contributed by atoms with Gasteiger partial charge in [-0.15, -0.1) is 6.58 Å². The lowest BCUT2D eigenvalue weighted by Crippen LogP contribution is -2.18. The maximum absolute atomic E-state index is 11.1. The number of esters is 1. The third-order valence-corrected chi connectivity index (χ3v) is 2.74. The van der Waals surface area contributed by atoms with Crippen molar-refractivity contribution in [1.29, 1.82) is 0 Å². The van der Waals surface area contributed by atoms with E-state index >= 15 is 0 Å². The molecule has 1 N–H and O–H groups in total. The highest BCUT2D eigenvalue weighted by atomic mass is 16.5. The molecule has 17 heavy (non-hydrogen) atoms. The van der Waals surface area contributed by atoms with Crippen molar-refractivity contribution in [2.75, 3.05) is 7.11 Å². The van der Waals surface area contributed by atoms with Gasteiger partial charge in [-0.25, -0.2) is 4.79 Å². The summed E-state index contributed by atoms with van der Waals surface area (Å²) in [5.41, 5.74) is 0.152. The van der Waals surface area contributed by atoms with Crippen LogP contribution in [-0.2, 0) is 9.53 Å². The maximum atomic E-state index is 11.1. The van der Waals surface area contributed by atoms with Crippen molar-refractivity contribution >= 4 is 5.97 Å². The van der Waals surface area contributed by atoms with Crippen LogP contribution in [-0.4, -0.2) is 24.3 Å². The van der Waals surface area contributed by atoms with Crippen molar-refractivity contribution in [2.45, 2.75) is 51.0 Å². The molecule has 0 amide bonds. The van der Waals surface area contributed by atoms with Crippen molar-refractivity contribution in [3.8, 4) is 0 Å². The zero-order valence-electron chi connectivity index (χ0n) is 10.8. The van der Waals surface area contributed by atoms with Crippen LogP contribution in [0.3, 0.4) is 0 Å². The van der Waals surface area contributed by atoms with E-state index in [4.69, 9.17) is 0 Å². The number of ether oxygens (including phenoxy) is 1. The first kappa shape index (κ1) is 15.9. The van der Waals surface area contributed by atoms with Crippen LogP contribution < -0.4 is 0 Å². The van der Waals surface area contributed by atoms with Gasteiger partial charge >= 0.3 is 5.97 Å². The van der Waals surface area contributed by atoms with Crippen molar-refractivity contribution in [3.05, 3.63) is 24.8 Å². The Hall–Kier alpha value is -1.09. The summed E-state index contributed by atoms with van der Waals surface area (Å²) in [7, 11) is 1.29. The van der Waals surface area contributed by atoms with Gasteiger partial charge in [0.15, 0.2) is 0 Å². The standard InChI is InChI=1S/C14H24O3/c1-4-5-6-7-8-9-10-11-13(15)12(2)14(16)17-3/h4,13,15H,1-2,5-11H2,3H3. The zero-order valence-corrected chi connectivity index (χ0v) is 10.8. The smallest absolute Gasteiger partial charge is 0.335 e. The molecular formula is C14H24O3. The molecule has 0 bridgehead atoms. The first-order valence-electron chi connectivity index (χ1n) is 6.19. The van der Waals surface area contributed by atoms with Crippen molar-refractivity contribution in [1.82, 2.24) is 0 Å². The molecule has 0 aromatic carbocycles. The van der Waals surface area contributed by atoms with E-state index in [1.54, 1.807) is 0 Å². The van der Waals surface area contributed by atoms with Crippen LogP contribution >= 0.6 is 0 Å². The molecule has 0 fully saturated rings. The van der Waals surface area contributed by atoms with Gasteiger partial charge in [-0.05, 0) is 19.3 Å². The minimum Gasteiger partial charge on any atom is -0.466 e. The van der Waals surface area contributed by atoms with E-state index in [0.29, 0.717) is 6.42 Å². The van der Waals surface area contributed by atoms with Crippen molar-refractivity contribution < 1.29 is 14.6 Å². The number of aliphatic hydroxyl groups is 1. The number of aliphatic hydroxyl groups excluding tert-OH is 1. The summed E-state index contributed by atoms with van der Waals surface area (Å²) in [6, 6.07) is 0. The molecule has 0 spiro atoms. The maximum Gasteiger partial charge on any atom is 0.335 e. The van der Waals surface area contributed by atoms with Gasteiger partial charge in [0.1, 0.15) is 0 Å². The second-order valence-corrected chi connectivity index (χ2v) is 4.17. The quantitative estimate of drug-likeness (QED) is 0.276. The number of carbonyl (C=O) groups excluding carboxylic acids is 1. The molecule has 0 saturated heterocycles. The molecule has 1 unspecified atom stereocenters. The molecule has 0 rings (SSSR count). The van der Waals surface area contributed by atoms with Crippen LogP contribution in [0, 0.1) is 0 Å². The van der Waals surface area contributed by atoms with Gasteiger partial charge in [-0.2, -0.15) is 0 Å². The number of hydrogen-bond donors (Lipinski definition) is 1. The second kappa shape index (κ2) is 10.1. The number of rotatable bonds is 10. The number of methoxy groups -OCH3 is 1. The average Bonchev–Trinajstić information content (AvgIpc) is 2.35. The summed E-state index contributed by atoms with van der Waals surface area (Å²) in [5, 5.41) is 9.65. The van der Waals surface area contributed by atoms with Crippen LogP contribution in [0.25, 0.3) is 0 Å². The van der Waals surface area contributed by atoms with Crippen LogP contribution in [0.1, 0.15) is 44.9 Å². The van der Waals surface area contributed by atoms with E-state index in [0.717, 1.165) is 25.7 Å². The largest absolute Gasteiger partial charge is 0.466 e. The minimum absolute atomic E-state index is 0.152. The van der Waals surface area contributed by atoms with Gasteiger partial charge in [-0.1, -0.05) is 38.3 Å². The van der Waals surface area contributed by atoms with Gasteiger partial charge < -0.3 is 9.84 Å². The number of hydrogen-bond acceptors (Lipinski definition) is 3. The third-order valence-electron chi connectivity index (χ3n) is 2.74. The number of unbranched alkanes of at least 4 members (excludes halogenated alkanes) is 5. The minimum atomic E-state index is -0.768. The Bertz CT molecular complexity index is 246. The van der Waals surface area contributed by atoms with Crippen molar-refractivity contribution in [3.63, 3.8) is 0 Å². The Kier molecular flexibility index (Phi) is 9.44. The Labute approximate surface area is 104 Å². The molecule has 0 aliphatic carbocycles. The van der Waals surface area contributed by atoms with E-state index in [1.165, 1.54) is 20.0 Å². The fraction of sp³-hybridized carbons (Fsp3) is 0.643.